The van der Waals surface area contributed by atoms with Gasteiger partial charge in [-0.25, -0.2) is 9.97 Å². The van der Waals surface area contributed by atoms with E-state index >= 15 is 0 Å². The number of aromatic nitrogens is 2. The predicted molar refractivity (Wildman–Crippen MR) is 83.4 cm³/mol. The number of carbonyl (C=O) groups excluding carboxylic acids is 1. The summed E-state index contributed by atoms with van der Waals surface area (Å²) in [6.45, 7) is 1.69. The maximum absolute atomic E-state index is 12.2. The number of nitrogens with zero attached hydrogens (tertiary/aromatic N) is 3. The summed E-state index contributed by atoms with van der Waals surface area (Å²) < 4.78 is 0. The first-order valence-corrected chi connectivity index (χ1v) is 7.47. The van der Waals surface area contributed by atoms with Gasteiger partial charge in [-0.2, -0.15) is 0 Å². The second kappa shape index (κ2) is 6.99. The van der Waals surface area contributed by atoms with Crippen molar-refractivity contribution in [3.8, 4) is 0 Å². The number of pyridine rings is 1. The Kier molecular flexibility index (Phi) is 5.05. The van der Waals surface area contributed by atoms with E-state index in [1.165, 1.54) is 16.2 Å². The molecule has 22 heavy (non-hydrogen) atoms. The molecule has 0 radical (unpaired) electrons. The smallest absolute Gasteiger partial charge is 0.308 e. The van der Waals surface area contributed by atoms with Crippen LogP contribution in [0.3, 0.4) is 0 Å². The Balaban J connectivity index is 2.01. The molecular weight excluding hydrogens is 304 g/mol. The van der Waals surface area contributed by atoms with Crippen LogP contribution in [-0.2, 0) is 4.79 Å². The molecule has 0 aromatic carbocycles. The van der Waals surface area contributed by atoms with Crippen LogP contribution in [0.2, 0.25) is 0 Å². The Morgan fingerprint density at radius 3 is 2.86 bits per heavy atom. The molecule has 0 saturated heterocycles. The molecule has 0 bridgehead atoms. The molecule has 2 heterocycles. The van der Waals surface area contributed by atoms with Crippen LogP contribution < -0.4 is 5.32 Å². The molecule has 2 aromatic rings. The van der Waals surface area contributed by atoms with Gasteiger partial charge in [0.1, 0.15) is 11.5 Å². The SMILES string of the molecule is CC(CN(C)C(=O)c1csc(Nc2ccccn2)n1)C(=O)O. The Morgan fingerprint density at radius 2 is 2.23 bits per heavy atom. The Morgan fingerprint density at radius 1 is 1.45 bits per heavy atom. The summed E-state index contributed by atoms with van der Waals surface area (Å²) in [6, 6.07) is 5.44. The van der Waals surface area contributed by atoms with Crippen LogP contribution in [0.1, 0.15) is 17.4 Å². The third-order valence-electron chi connectivity index (χ3n) is 2.94. The summed E-state index contributed by atoms with van der Waals surface area (Å²) in [5, 5.41) is 14.1. The van der Waals surface area contributed by atoms with Gasteiger partial charge in [0.25, 0.3) is 5.91 Å². The van der Waals surface area contributed by atoms with E-state index in [2.05, 4.69) is 15.3 Å². The molecule has 2 rings (SSSR count). The van der Waals surface area contributed by atoms with Crippen molar-refractivity contribution < 1.29 is 14.7 Å². The Bertz CT molecular complexity index is 659. The number of nitrogens with one attached hydrogen (secondary N) is 1. The summed E-state index contributed by atoms with van der Waals surface area (Å²) in [6.07, 6.45) is 1.66. The van der Waals surface area contributed by atoms with Gasteiger partial charge in [-0.05, 0) is 12.1 Å². The molecule has 0 aliphatic heterocycles. The van der Waals surface area contributed by atoms with Crippen LogP contribution in [0.25, 0.3) is 0 Å². The van der Waals surface area contributed by atoms with Crippen molar-refractivity contribution in [1.29, 1.82) is 0 Å². The second-order valence-corrected chi connectivity index (χ2v) is 5.66. The van der Waals surface area contributed by atoms with Crippen LogP contribution in [0.15, 0.2) is 29.8 Å². The fourth-order valence-electron chi connectivity index (χ4n) is 1.74. The van der Waals surface area contributed by atoms with E-state index in [1.54, 1.807) is 37.7 Å². The van der Waals surface area contributed by atoms with Gasteiger partial charge in [0.05, 0.1) is 5.92 Å². The van der Waals surface area contributed by atoms with Crippen LogP contribution in [0.4, 0.5) is 10.9 Å². The number of carbonyl (C=O) groups is 2. The van der Waals surface area contributed by atoms with E-state index in [-0.39, 0.29) is 18.1 Å². The maximum Gasteiger partial charge on any atom is 0.308 e. The van der Waals surface area contributed by atoms with Crippen LogP contribution >= 0.6 is 11.3 Å². The quantitative estimate of drug-likeness (QED) is 0.846. The van der Waals surface area contributed by atoms with Crippen molar-refractivity contribution in [1.82, 2.24) is 14.9 Å². The number of anilines is 2. The molecule has 8 heteroatoms. The molecule has 2 N–H and O–H groups in total. The zero-order chi connectivity index (χ0) is 16.1. The summed E-state index contributed by atoms with van der Waals surface area (Å²) >= 11 is 1.29. The van der Waals surface area contributed by atoms with Crippen molar-refractivity contribution in [2.24, 2.45) is 5.92 Å². The van der Waals surface area contributed by atoms with Gasteiger partial charge < -0.3 is 15.3 Å². The summed E-state index contributed by atoms with van der Waals surface area (Å²) in [5.74, 6) is -1.23. The lowest BCUT2D eigenvalue weighted by molar-refractivity contribution is -0.141. The highest BCUT2D eigenvalue weighted by molar-refractivity contribution is 7.14. The molecule has 116 valence electrons. The number of carboxylic acid groups (broad SMARTS) is 1. The molecular formula is C14H16N4O3S. The highest BCUT2D eigenvalue weighted by atomic mass is 32.1. The third kappa shape index (κ3) is 4.01. The molecule has 0 fully saturated rings. The molecule has 0 saturated carbocycles. The molecule has 1 unspecified atom stereocenters. The summed E-state index contributed by atoms with van der Waals surface area (Å²) in [5.41, 5.74) is 0.281. The zero-order valence-corrected chi connectivity index (χ0v) is 13.0. The number of hydrogen-bond donors (Lipinski definition) is 2. The van der Waals surface area contributed by atoms with Crippen molar-refractivity contribution >= 4 is 34.2 Å². The predicted octanol–water partition coefficient (Wildman–Crippen LogP) is 2.07. The Labute approximate surface area is 131 Å². The van der Waals surface area contributed by atoms with Crippen LogP contribution in [-0.4, -0.2) is 45.4 Å². The van der Waals surface area contributed by atoms with Gasteiger partial charge in [-0.1, -0.05) is 13.0 Å². The number of hydrogen-bond acceptors (Lipinski definition) is 6. The highest BCUT2D eigenvalue weighted by Crippen LogP contribution is 2.20. The monoisotopic (exact) mass is 320 g/mol. The minimum absolute atomic E-state index is 0.134. The van der Waals surface area contributed by atoms with E-state index in [1.807, 2.05) is 6.07 Å². The minimum Gasteiger partial charge on any atom is -0.481 e. The standard InChI is InChI=1S/C14H16N4O3S/c1-9(13(20)21)7-18(2)12(19)10-8-22-14(16-10)17-11-5-3-4-6-15-11/h3-6,8-9H,7H2,1-2H3,(H,20,21)(H,15,16,17). The van der Waals surface area contributed by atoms with E-state index in [0.717, 1.165) is 0 Å². The number of carboxylic acids is 1. The zero-order valence-electron chi connectivity index (χ0n) is 12.2. The lowest BCUT2D eigenvalue weighted by Crippen LogP contribution is -2.33. The highest BCUT2D eigenvalue weighted by Gasteiger charge is 2.20. The van der Waals surface area contributed by atoms with Gasteiger partial charge in [0.2, 0.25) is 0 Å². The largest absolute Gasteiger partial charge is 0.481 e. The molecule has 0 spiro atoms. The minimum atomic E-state index is -0.935. The summed E-state index contributed by atoms with van der Waals surface area (Å²) in [7, 11) is 1.56. The van der Waals surface area contributed by atoms with E-state index < -0.39 is 11.9 Å². The van der Waals surface area contributed by atoms with Gasteiger partial charge in [-0.3, -0.25) is 9.59 Å². The lowest BCUT2D eigenvalue weighted by atomic mass is 10.2. The van der Waals surface area contributed by atoms with Crippen LogP contribution in [0, 0.1) is 5.92 Å². The van der Waals surface area contributed by atoms with E-state index in [0.29, 0.717) is 10.9 Å². The Hall–Kier alpha value is -2.48. The first kappa shape index (κ1) is 15.9. The van der Waals surface area contributed by atoms with Gasteiger partial charge >= 0.3 is 5.97 Å². The number of thiazole rings is 1. The second-order valence-electron chi connectivity index (χ2n) is 4.80. The molecule has 0 aliphatic carbocycles. The third-order valence-corrected chi connectivity index (χ3v) is 3.70. The molecule has 0 aliphatic rings. The molecule has 1 atom stereocenters. The van der Waals surface area contributed by atoms with Crippen LogP contribution in [0.5, 0.6) is 0 Å². The van der Waals surface area contributed by atoms with Gasteiger partial charge in [-0.15, -0.1) is 11.3 Å². The van der Waals surface area contributed by atoms with Crippen molar-refractivity contribution in [2.75, 3.05) is 18.9 Å². The fourth-order valence-corrected chi connectivity index (χ4v) is 2.43. The molecule has 1 amide bonds. The van der Waals surface area contributed by atoms with Crippen molar-refractivity contribution in [3.63, 3.8) is 0 Å². The average molecular weight is 320 g/mol. The number of amides is 1. The normalized spacial score (nSPS) is 11.7. The van der Waals surface area contributed by atoms with Crippen molar-refractivity contribution in [3.05, 3.63) is 35.5 Å². The topological polar surface area (TPSA) is 95.4 Å². The first-order valence-electron chi connectivity index (χ1n) is 6.59. The van der Waals surface area contributed by atoms with E-state index in [9.17, 15) is 9.59 Å². The van der Waals surface area contributed by atoms with E-state index in [4.69, 9.17) is 5.11 Å². The number of aliphatic carboxylic acids is 1. The maximum atomic E-state index is 12.2. The summed E-state index contributed by atoms with van der Waals surface area (Å²) in [4.78, 5) is 32.7. The van der Waals surface area contributed by atoms with Gasteiger partial charge in [0, 0.05) is 25.2 Å². The number of rotatable bonds is 6. The first-order chi connectivity index (χ1) is 10.5. The molecule has 7 nitrogen and oxygen atoms in total. The lowest BCUT2D eigenvalue weighted by Gasteiger charge is -2.18. The molecule has 2 aromatic heterocycles. The van der Waals surface area contributed by atoms with Crippen molar-refractivity contribution in [2.45, 2.75) is 6.92 Å². The average Bonchev–Trinajstić information content (AvgIpc) is 2.95. The fraction of sp³-hybridized carbons (Fsp3) is 0.286. The van der Waals surface area contributed by atoms with Gasteiger partial charge in [0.15, 0.2) is 5.13 Å².